The molecule has 4 rings (SSSR count). The summed E-state index contributed by atoms with van der Waals surface area (Å²) < 4.78 is 7.25. The van der Waals surface area contributed by atoms with Crippen LogP contribution in [0.3, 0.4) is 0 Å². The highest BCUT2D eigenvalue weighted by atomic mass is 16.5. The first-order valence-electron chi connectivity index (χ1n) is 11.2. The van der Waals surface area contributed by atoms with Crippen LogP contribution in [0.25, 0.3) is 0 Å². The number of ether oxygens (including phenoxy) is 1. The molecule has 0 spiro atoms. The van der Waals surface area contributed by atoms with Crippen LogP contribution in [0.5, 0.6) is 5.75 Å². The van der Waals surface area contributed by atoms with Crippen molar-refractivity contribution in [2.24, 2.45) is 0 Å². The van der Waals surface area contributed by atoms with Crippen molar-refractivity contribution < 1.29 is 9.53 Å². The van der Waals surface area contributed by atoms with Gasteiger partial charge in [-0.25, -0.2) is 9.48 Å². The normalized spacial score (nSPS) is 14.8. The SMILES string of the molecule is COc1ccccc1NC(=O)Nc1ccnn1C1CCN(CCCc2ccccc2)CC1. The molecule has 0 saturated carbocycles. The third-order valence-electron chi connectivity index (χ3n) is 5.95. The molecule has 7 heteroatoms. The second-order valence-electron chi connectivity index (χ2n) is 8.10. The number of rotatable bonds is 8. The number of para-hydroxylation sites is 2. The average Bonchev–Trinajstić information content (AvgIpc) is 3.28. The maximum Gasteiger partial charge on any atom is 0.324 e. The van der Waals surface area contributed by atoms with Crippen LogP contribution in [0.4, 0.5) is 16.3 Å². The van der Waals surface area contributed by atoms with Gasteiger partial charge in [-0.05, 0) is 49.9 Å². The molecular formula is C25H31N5O2. The van der Waals surface area contributed by atoms with E-state index >= 15 is 0 Å². The fraction of sp³-hybridized carbons (Fsp3) is 0.360. The third-order valence-corrected chi connectivity index (χ3v) is 5.95. The highest BCUT2D eigenvalue weighted by Crippen LogP contribution is 2.26. The molecule has 2 aromatic carbocycles. The van der Waals surface area contributed by atoms with Gasteiger partial charge in [0, 0.05) is 19.2 Å². The Balaban J connectivity index is 1.26. The summed E-state index contributed by atoms with van der Waals surface area (Å²) in [7, 11) is 1.58. The predicted octanol–water partition coefficient (Wildman–Crippen LogP) is 4.81. The van der Waals surface area contributed by atoms with Crippen molar-refractivity contribution in [2.75, 3.05) is 37.4 Å². The smallest absolute Gasteiger partial charge is 0.324 e. The highest BCUT2D eigenvalue weighted by Gasteiger charge is 2.23. The Morgan fingerprint density at radius 2 is 1.78 bits per heavy atom. The van der Waals surface area contributed by atoms with E-state index in [1.807, 2.05) is 35.0 Å². The van der Waals surface area contributed by atoms with Crippen molar-refractivity contribution in [2.45, 2.75) is 31.7 Å². The molecule has 1 fully saturated rings. The van der Waals surface area contributed by atoms with E-state index in [2.05, 4.69) is 51.0 Å². The Morgan fingerprint density at radius 1 is 1.03 bits per heavy atom. The Hall–Kier alpha value is -3.32. The third kappa shape index (κ3) is 5.68. The lowest BCUT2D eigenvalue weighted by Gasteiger charge is -2.32. The van der Waals surface area contributed by atoms with Crippen LogP contribution in [0.2, 0.25) is 0 Å². The number of hydrogen-bond donors (Lipinski definition) is 2. The number of methoxy groups -OCH3 is 1. The van der Waals surface area contributed by atoms with Gasteiger partial charge in [0.2, 0.25) is 0 Å². The topological polar surface area (TPSA) is 71.4 Å². The van der Waals surface area contributed by atoms with Gasteiger partial charge in [-0.3, -0.25) is 5.32 Å². The number of amides is 2. The Bertz CT molecular complexity index is 996. The lowest BCUT2D eigenvalue weighted by atomic mass is 10.0. The van der Waals surface area contributed by atoms with E-state index in [4.69, 9.17) is 4.74 Å². The van der Waals surface area contributed by atoms with Gasteiger partial charge < -0.3 is 15.0 Å². The van der Waals surface area contributed by atoms with E-state index in [0.29, 0.717) is 17.3 Å². The zero-order valence-electron chi connectivity index (χ0n) is 18.5. The number of nitrogens with zero attached hydrogens (tertiary/aromatic N) is 3. The number of benzene rings is 2. The first-order valence-corrected chi connectivity index (χ1v) is 11.2. The van der Waals surface area contributed by atoms with Gasteiger partial charge in [-0.15, -0.1) is 0 Å². The van der Waals surface area contributed by atoms with Gasteiger partial charge in [0.25, 0.3) is 0 Å². The molecule has 1 aliphatic rings. The van der Waals surface area contributed by atoms with E-state index < -0.39 is 0 Å². The molecule has 168 valence electrons. The van der Waals surface area contributed by atoms with Gasteiger partial charge in [-0.1, -0.05) is 42.5 Å². The minimum atomic E-state index is -0.311. The summed E-state index contributed by atoms with van der Waals surface area (Å²) in [4.78, 5) is 15.1. The molecule has 1 saturated heterocycles. The molecule has 0 radical (unpaired) electrons. The number of aryl methyl sites for hydroxylation is 1. The summed E-state index contributed by atoms with van der Waals surface area (Å²) in [5, 5.41) is 10.3. The Morgan fingerprint density at radius 3 is 2.56 bits per heavy atom. The van der Waals surface area contributed by atoms with Crippen molar-refractivity contribution >= 4 is 17.5 Å². The van der Waals surface area contributed by atoms with Crippen LogP contribution < -0.4 is 15.4 Å². The summed E-state index contributed by atoms with van der Waals surface area (Å²) in [5.41, 5.74) is 2.03. The number of carbonyl (C=O) groups excluding carboxylic acids is 1. The number of piperidine rings is 1. The highest BCUT2D eigenvalue weighted by molar-refractivity contribution is 6.00. The zero-order chi connectivity index (χ0) is 22.2. The minimum Gasteiger partial charge on any atom is -0.495 e. The lowest BCUT2D eigenvalue weighted by Crippen LogP contribution is -2.36. The molecule has 2 amide bonds. The fourth-order valence-electron chi connectivity index (χ4n) is 4.26. The number of hydrogen-bond acceptors (Lipinski definition) is 4. The number of carbonyl (C=O) groups is 1. The Labute approximate surface area is 189 Å². The predicted molar refractivity (Wildman–Crippen MR) is 127 cm³/mol. The molecular weight excluding hydrogens is 402 g/mol. The summed E-state index contributed by atoms with van der Waals surface area (Å²) in [5.74, 6) is 1.33. The lowest BCUT2D eigenvalue weighted by molar-refractivity contribution is 0.179. The Kier molecular flexibility index (Phi) is 7.40. The van der Waals surface area contributed by atoms with Crippen LogP contribution in [-0.2, 0) is 6.42 Å². The van der Waals surface area contributed by atoms with Gasteiger partial charge >= 0.3 is 6.03 Å². The van der Waals surface area contributed by atoms with Gasteiger partial charge in [0.05, 0.1) is 25.0 Å². The standard InChI is InChI=1S/C25H31N5O2/c1-32-23-12-6-5-11-22(23)27-25(31)28-24-13-16-26-30(24)21-14-18-29(19-15-21)17-7-10-20-8-3-2-4-9-20/h2-6,8-9,11-13,16,21H,7,10,14-15,17-19H2,1H3,(H2,27,28,31). The quantitative estimate of drug-likeness (QED) is 0.535. The van der Waals surface area contributed by atoms with Crippen LogP contribution >= 0.6 is 0 Å². The van der Waals surface area contributed by atoms with Gasteiger partial charge in [-0.2, -0.15) is 5.10 Å². The zero-order valence-corrected chi connectivity index (χ0v) is 18.5. The minimum absolute atomic E-state index is 0.289. The molecule has 0 atom stereocenters. The van der Waals surface area contributed by atoms with E-state index in [-0.39, 0.29) is 12.1 Å². The molecule has 7 nitrogen and oxygen atoms in total. The maximum absolute atomic E-state index is 12.5. The van der Waals surface area contributed by atoms with Gasteiger partial charge in [0.15, 0.2) is 0 Å². The molecule has 0 bridgehead atoms. The summed E-state index contributed by atoms with van der Waals surface area (Å²) in [6.45, 7) is 3.21. The van der Waals surface area contributed by atoms with E-state index in [1.54, 1.807) is 13.3 Å². The molecule has 1 aromatic heterocycles. The monoisotopic (exact) mass is 433 g/mol. The summed E-state index contributed by atoms with van der Waals surface area (Å²) in [6, 6.07) is 19.8. The maximum atomic E-state index is 12.5. The molecule has 3 aromatic rings. The average molecular weight is 434 g/mol. The molecule has 1 aliphatic heterocycles. The molecule has 0 aliphatic carbocycles. The summed E-state index contributed by atoms with van der Waals surface area (Å²) in [6.07, 6.45) is 6.08. The van der Waals surface area contributed by atoms with E-state index in [1.165, 1.54) is 12.0 Å². The number of urea groups is 1. The molecule has 32 heavy (non-hydrogen) atoms. The van der Waals surface area contributed by atoms with Gasteiger partial charge in [0.1, 0.15) is 11.6 Å². The largest absolute Gasteiger partial charge is 0.495 e. The number of nitrogens with one attached hydrogen (secondary N) is 2. The van der Waals surface area contributed by atoms with Crippen LogP contribution in [-0.4, -0.2) is 47.5 Å². The number of aromatic nitrogens is 2. The number of anilines is 2. The van der Waals surface area contributed by atoms with Crippen LogP contribution in [0.1, 0.15) is 30.9 Å². The van der Waals surface area contributed by atoms with Crippen molar-refractivity contribution in [1.29, 1.82) is 0 Å². The van der Waals surface area contributed by atoms with Crippen LogP contribution in [0, 0.1) is 0 Å². The summed E-state index contributed by atoms with van der Waals surface area (Å²) >= 11 is 0. The first kappa shape index (κ1) is 21.9. The van der Waals surface area contributed by atoms with Crippen molar-refractivity contribution in [3.8, 4) is 5.75 Å². The first-order chi connectivity index (χ1) is 15.7. The van der Waals surface area contributed by atoms with Crippen molar-refractivity contribution in [1.82, 2.24) is 14.7 Å². The van der Waals surface area contributed by atoms with Crippen LogP contribution in [0.15, 0.2) is 66.9 Å². The van der Waals surface area contributed by atoms with Crippen molar-refractivity contribution in [3.63, 3.8) is 0 Å². The fourth-order valence-corrected chi connectivity index (χ4v) is 4.26. The van der Waals surface area contributed by atoms with Crippen molar-refractivity contribution in [3.05, 3.63) is 72.4 Å². The molecule has 0 unspecified atom stereocenters. The second kappa shape index (κ2) is 10.8. The van der Waals surface area contributed by atoms with E-state index in [9.17, 15) is 4.79 Å². The van der Waals surface area contributed by atoms with E-state index in [0.717, 1.165) is 38.9 Å². The molecule has 2 heterocycles. The number of likely N-dealkylation sites (tertiary alicyclic amines) is 1. The second-order valence-corrected chi connectivity index (χ2v) is 8.10. The molecule has 2 N–H and O–H groups in total.